The number of phenolic OH excluding ortho intramolecular Hbond substituents is 1. The Morgan fingerprint density at radius 1 is 1.16 bits per heavy atom. The van der Waals surface area contributed by atoms with Gasteiger partial charge in [0.25, 0.3) is 12.4 Å². The van der Waals surface area contributed by atoms with Crippen LogP contribution in [0.2, 0.25) is 0 Å². The molecule has 3 heterocycles. The zero-order valence-electron chi connectivity index (χ0n) is 19.3. The summed E-state index contributed by atoms with van der Waals surface area (Å²) in [5.41, 5.74) is 0.518. The van der Waals surface area contributed by atoms with E-state index in [1.165, 1.54) is 59.3 Å². The smallest absolute Gasteiger partial charge is 0.290 e. The lowest BCUT2D eigenvalue weighted by Crippen LogP contribution is -2.64. The molecule has 3 fully saturated rings. The molecule has 2 N–H and O–H groups in total. The van der Waals surface area contributed by atoms with E-state index in [2.05, 4.69) is 11.8 Å². The lowest BCUT2D eigenvalue weighted by atomic mass is 9.71. The van der Waals surface area contributed by atoms with Gasteiger partial charge in [-0.05, 0) is 56.2 Å². The molecule has 8 heteroatoms. The summed E-state index contributed by atoms with van der Waals surface area (Å²) in [4.78, 5) is 26.6. The van der Waals surface area contributed by atoms with Gasteiger partial charge in [0, 0.05) is 30.7 Å². The highest BCUT2D eigenvalue weighted by Crippen LogP contribution is 2.43. The first-order chi connectivity index (χ1) is 15.5. The summed E-state index contributed by atoms with van der Waals surface area (Å²) in [6, 6.07) is 4.47. The fourth-order valence-corrected chi connectivity index (χ4v) is 5.97. The second-order valence-electron chi connectivity index (χ2n) is 8.96. The Hall–Kier alpha value is -2.48. The van der Waals surface area contributed by atoms with Crippen LogP contribution in [0.15, 0.2) is 12.1 Å². The first-order valence-electron chi connectivity index (χ1n) is 11.6. The van der Waals surface area contributed by atoms with E-state index in [0.29, 0.717) is 29.5 Å². The van der Waals surface area contributed by atoms with Crippen molar-refractivity contribution in [2.24, 2.45) is 11.8 Å². The number of methoxy groups -OCH3 is 2. The topological polar surface area (TPSA) is 99.5 Å². The maximum absolute atomic E-state index is 13.4. The molecule has 4 atom stereocenters. The number of amides is 1. The second-order valence-corrected chi connectivity index (χ2v) is 8.96. The summed E-state index contributed by atoms with van der Waals surface area (Å²) in [7, 11) is 2.97. The molecule has 3 aliphatic heterocycles. The minimum absolute atomic E-state index is 0.0100. The summed E-state index contributed by atoms with van der Waals surface area (Å²) in [5.74, 6) is 1.60. The van der Waals surface area contributed by atoms with Crippen molar-refractivity contribution in [1.29, 1.82) is 0 Å². The summed E-state index contributed by atoms with van der Waals surface area (Å²) < 4.78 is 10.5. The molecule has 0 radical (unpaired) electrons. The monoisotopic (exact) mass is 448 g/mol. The van der Waals surface area contributed by atoms with Gasteiger partial charge in [0.05, 0.1) is 14.2 Å². The first kappa shape index (κ1) is 24.2. The number of aromatic hydroxyl groups is 1. The quantitative estimate of drug-likeness (QED) is 0.667. The van der Waals surface area contributed by atoms with Crippen LogP contribution in [0, 0.1) is 11.8 Å². The highest BCUT2D eigenvalue weighted by molar-refractivity contribution is 5.95. The zero-order valence-corrected chi connectivity index (χ0v) is 19.3. The number of rotatable bonds is 5. The summed E-state index contributed by atoms with van der Waals surface area (Å²) in [6.07, 6.45) is 7.54. The molecule has 32 heavy (non-hydrogen) atoms. The van der Waals surface area contributed by atoms with Crippen LogP contribution in [0.4, 0.5) is 0 Å². The summed E-state index contributed by atoms with van der Waals surface area (Å²) >= 11 is 0. The van der Waals surface area contributed by atoms with E-state index in [-0.39, 0.29) is 29.6 Å². The average molecular weight is 449 g/mol. The number of phenols is 1. The predicted octanol–water partition coefficient (Wildman–Crippen LogP) is 3.23. The largest absolute Gasteiger partial charge is 0.502 e. The van der Waals surface area contributed by atoms with Crippen LogP contribution in [0.25, 0.3) is 0 Å². The van der Waals surface area contributed by atoms with E-state index < -0.39 is 0 Å². The van der Waals surface area contributed by atoms with E-state index in [4.69, 9.17) is 19.4 Å². The normalized spacial score (nSPS) is 26.9. The lowest BCUT2D eigenvalue weighted by Gasteiger charge is -2.57. The Morgan fingerprint density at radius 2 is 1.78 bits per heavy atom. The molecule has 1 aromatic carbocycles. The highest BCUT2D eigenvalue weighted by Gasteiger charge is 2.47. The van der Waals surface area contributed by atoms with Gasteiger partial charge in [0.1, 0.15) is 0 Å². The Morgan fingerprint density at radius 3 is 2.38 bits per heavy atom. The second kappa shape index (κ2) is 10.9. The number of hydrogen-bond donors (Lipinski definition) is 2. The van der Waals surface area contributed by atoms with Crippen molar-refractivity contribution in [2.75, 3.05) is 33.9 Å². The van der Waals surface area contributed by atoms with Crippen molar-refractivity contribution >= 4 is 12.4 Å². The van der Waals surface area contributed by atoms with Crippen molar-refractivity contribution in [3.8, 4) is 17.2 Å². The number of ether oxygens (including phenoxy) is 2. The first-order valence-corrected chi connectivity index (χ1v) is 11.6. The third-order valence-electron chi connectivity index (χ3n) is 7.22. The van der Waals surface area contributed by atoms with E-state index >= 15 is 0 Å². The molecule has 0 saturated carbocycles. The number of fused-ring (bicyclic) bond motifs is 4. The minimum atomic E-state index is -0.250. The van der Waals surface area contributed by atoms with Crippen LogP contribution in [-0.4, -0.2) is 78.3 Å². The van der Waals surface area contributed by atoms with Gasteiger partial charge in [-0.2, -0.15) is 0 Å². The van der Waals surface area contributed by atoms with Gasteiger partial charge in [-0.15, -0.1) is 0 Å². The van der Waals surface area contributed by atoms with Crippen molar-refractivity contribution in [3.05, 3.63) is 17.7 Å². The van der Waals surface area contributed by atoms with Crippen molar-refractivity contribution in [2.45, 2.75) is 57.5 Å². The van der Waals surface area contributed by atoms with Gasteiger partial charge in [0.2, 0.25) is 5.75 Å². The van der Waals surface area contributed by atoms with Gasteiger partial charge in [0.15, 0.2) is 11.5 Å². The Bertz CT molecular complexity index is 776. The van der Waals surface area contributed by atoms with Crippen LogP contribution in [0.5, 0.6) is 17.2 Å². The third-order valence-corrected chi connectivity index (χ3v) is 7.22. The number of carbonyl (C=O) groups excluding carboxylic acids is 1. The SMILES string of the molecule is CCC[C@H]1[C@H]2C[C@H](CN(C(=O)c3cc(OC)c(O)c(OC)c3)C2)[C@@H]2CCCCN21.O=CO. The lowest BCUT2D eigenvalue weighted by molar-refractivity contribution is -0.122. The number of hydrogen-bond acceptors (Lipinski definition) is 6. The number of carbonyl (C=O) groups is 2. The van der Waals surface area contributed by atoms with E-state index in [9.17, 15) is 9.90 Å². The van der Waals surface area contributed by atoms with E-state index in [0.717, 1.165) is 13.1 Å². The van der Waals surface area contributed by atoms with Crippen molar-refractivity contribution < 1.29 is 29.3 Å². The number of nitrogens with zero attached hydrogens (tertiary/aromatic N) is 2. The van der Waals surface area contributed by atoms with Crippen molar-refractivity contribution in [1.82, 2.24) is 9.80 Å². The van der Waals surface area contributed by atoms with Crippen molar-refractivity contribution in [3.63, 3.8) is 0 Å². The minimum Gasteiger partial charge on any atom is -0.502 e. The number of piperidine rings is 3. The van der Waals surface area contributed by atoms with Crippen LogP contribution < -0.4 is 9.47 Å². The molecule has 3 aliphatic rings. The van der Waals surface area contributed by atoms with Gasteiger partial charge in [-0.3, -0.25) is 14.5 Å². The molecule has 4 rings (SSSR count). The highest BCUT2D eigenvalue weighted by atomic mass is 16.5. The van der Waals surface area contributed by atoms with Gasteiger partial charge < -0.3 is 24.6 Å². The van der Waals surface area contributed by atoms with E-state index in [1.54, 1.807) is 12.1 Å². The molecular weight excluding hydrogens is 412 g/mol. The summed E-state index contributed by atoms with van der Waals surface area (Å²) in [5, 5.41) is 17.1. The third kappa shape index (κ3) is 4.80. The Kier molecular flexibility index (Phi) is 8.23. The molecule has 1 aromatic rings. The molecule has 0 unspecified atom stereocenters. The predicted molar refractivity (Wildman–Crippen MR) is 120 cm³/mol. The molecule has 3 saturated heterocycles. The Balaban J connectivity index is 0.000000913. The molecule has 0 aliphatic carbocycles. The van der Waals surface area contributed by atoms with Gasteiger partial charge >= 0.3 is 0 Å². The molecule has 1 amide bonds. The fourth-order valence-electron chi connectivity index (χ4n) is 5.97. The van der Waals surface area contributed by atoms with Crippen LogP contribution in [-0.2, 0) is 4.79 Å². The number of carboxylic acid groups (broad SMARTS) is 1. The van der Waals surface area contributed by atoms with Gasteiger partial charge in [-0.25, -0.2) is 0 Å². The van der Waals surface area contributed by atoms with Gasteiger partial charge in [-0.1, -0.05) is 19.8 Å². The fraction of sp³-hybridized carbons (Fsp3) is 0.667. The van der Waals surface area contributed by atoms with Crippen LogP contribution in [0.3, 0.4) is 0 Å². The molecule has 2 bridgehead atoms. The number of likely N-dealkylation sites (tertiary alicyclic amines) is 1. The molecule has 0 spiro atoms. The molecule has 178 valence electrons. The standard InChI is InChI=1S/C23H34N2O4.CH2O2/c1-4-7-18-16-10-17(19-8-5-6-9-25(18)19)14-24(13-16)23(27)15-11-20(28-2)22(26)21(12-15)29-3;2-1-3/h11-12,16-19,26H,4-10,13-14H2,1-3H3;1H,(H,2,3)/t16-,17+,18-,19-;/m0./s1. The summed E-state index contributed by atoms with van der Waals surface area (Å²) in [6.45, 7) is 4.88. The molecule has 0 aromatic heterocycles. The van der Waals surface area contributed by atoms with Crippen LogP contribution in [0.1, 0.15) is 55.8 Å². The zero-order chi connectivity index (χ0) is 23.3. The Labute approximate surface area is 190 Å². The average Bonchev–Trinajstić information content (AvgIpc) is 2.82. The maximum Gasteiger partial charge on any atom is 0.290 e. The maximum atomic E-state index is 13.4. The van der Waals surface area contributed by atoms with Crippen LogP contribution >= 0.6 is 0 Å². The number of benzene rings is 1. The molecular formula is C24H36N2O6. The van der Waals surface area contributed by atoms with E-state index in [1.807, 2.05) is 4.90 Å². The molecule has 8 nitrogen and oxygen atoms in total.